The van der Waals surface area contributed by atoms with Crippen molar-refractivity contribution >= 4 is 5.91 Å². The number of hydrogen-bond acceptors (Lipinski definition) is 3. The van der Waals surface area contributed by atoms with Crippen LogP contribution in [0.25, 0.3) is 0 Å². The number of aromatic nitrogens is 4. The SMILES string of the molecule is CC(C)c1cc(C(=O)NCCn2ccnc2)n[nH]1. The van der Waals surface area contributed by atoms with Crippen LogP contribution < -0.4 is 5.32 Å². The van der Waals surface area contributed by atoms with E-state index in [4.69, 9.17) is 0 Å². The molecule has 0 fully saturated rings. The van der Waals surface area contributed by atoms with Crippen LogP contribution in [0, 0.1) is 0 Å². The Balaban J connectivity index is 1.83. The van der Waals surface area contributed by atoms with E-state index < -0.39 is 0 Å². The second kappa shape index (κ2) is 5.48. The molecule has 0 saturated heterocycles. The normalized spacial score (nSPS) is 10.8. The fourth-order valence-electron chi connectivity index (χ4n) is 1.56. The third kappa shape index (κ3) is 2.97. The number of imidazole rings is 1. The molecule has 0 aromatic carbocycles. The second-order valence-corrected chi connectivity index (χ2v) is 4.42. The minimum Gasteiger partial charge on any atom is -0.349 e. The van der Waals surface area contributed by atoms with Crippen LogP contribution in [0.4, 0.5) is 0 Å². The van der Waals surface area contributed by atoms with Gasteiger partial charge in [-0.3, -0.25) is 9.89 Å². The molecule has 0 bridgehead atoms. The third-order valence-corrected chi connectivity index (χ3v) is 2.67. The summed E-state index contributed by atoms with van der Waals surface area (Å²) in [6.07, 6.45) is 5.29. The quantitative estimate of drug-likeness (QED) is 0.832. The van der Waals surface area contributed by atoms with Gasteiger partial charge in [0.25, 0.3) is 5.91 Å². The van der Waals surface area contributed by atoms with E-state index in [0.29, 0.717) is 24.7 Å². The first kappa shape index (κ1) is 12.3. The molecule has 0 aliphatic rings. The molecule has 96 valence electrons. The van der Waals surface area contributed by atoms with Crippen LogP contribution in [0.1, 0.15) is 35.9 Å². The van der Waals surface area contributed by atoms with Crippen molar-refractivity contribution in [2.24, 2.45) is 0 Å². The summed E-state index contributed by atoms with van der Waals surface area (Å²) in [5.74, 6) is 0.184. The molecule has 0 atom stereocenters. The highest BCUT2D eigenvalue weighted by molar-refractivity contribution is 5.92. The van der Waals surface area contributed by atoms with Gasteiger partial charge in [0, 0.05) is 31.2 Å². The van der Waals surface area contributed by atoms with Crippen LogP contribution in [-0.4, -0.2) is 32.2 Å². The molecule has 6 heteroatoms. The van der Waals surface area contributed by atoms with Gasteiger partial charge in [0.2, 0.25) is 0 Å². The van der Waals surface area contributed by atoms with Gasteiger partial charge in [-0.1, -0.05) is 13.8 Å². The molecule has 2 rings (SSSR count). The molecule has 0 radical (unpaired) electrons. The number of carbonyl (C=O) groups is 1. The summed E-state index contributed by atoms with van der Waals surface area (Å²) in [4.78, 5) is 15.7. The summed E-state index contributed by atoms with van der Waals surface area (Å²) >= 11 is 0. The first-order valence-corrected chi connectivity index (χ1v) is 5.96. The lowest BCUT2D eigenvalue weighted by Gasteiger charge is -2.03. The van der Waals surface area contributed by atoms with E-state index in [0.717, 1.165) is 5.69 Å². The summed E-state index contributed by atoms with van der Waals surface area (Å²) in [5.41, 5.74) is 1.40. The van der Waals surface area contributed by atoms with E-state index >= 15 is 0 Å². The molecule has 0 aliphatic heterocycles. The Kier molecular flexibility index (Phi) is 3.76. The van der Waals surface area contributed by atoms with Crippen LogP contribution in [-0.2, 0) is 6.54 Å². The molecule has 6 nitrogen and oxygen atoms in total. The van der Waals surface area contributed by atoms with Crippen LogP contribution in [0.5, 0.6) is 0 Å². The molecule has 0 aliphatic carbocycles. The van der Waals surface area contributed by atoms with E-state index in [9.17, 15) is 4.79 Å². The summed E-state index contributed by atoms with van der Waals surface area (Å²) < 4.78 is 1.91. The van der Waals surface area contributed by atoms with Gasteiger partial charge in [-0.2, -0.15) is 5.10 Å². The number of nitrogens with one attached hydrogen (secondary N) is 2. The van der Waals surface area contributed by atoms with Crippen molar-refractivity contribution < 1.29 is 4.79 Å². The number of rotatable bonds is 5. The molecule has 0 spiro atoms. The van der Waals surface area contributed by atoms with E-state index in [-0.39, 0.29) is 5.91 Å². The number of amides is 1. The minimum absolute atomic E-state index is 0.154. The average molecular weight is 247 g/mol. The number of aromatic amines is 1. The number of hydrogen-bond donors (Lipinski definition) is 2. The highest BCUT2D eigenvalue weighted by atomic mass is 16.1. The predicted molar refractivity (Wildman–Crippen MR) is 67.2 cm³/mol. The number of H-pyrrole nitrogens is 1. The van der Waals surface area contributed by atoms with Crippen molar-refractivity contribution in [2.45, 2.75) is 26.3 Å². The van der Waals surface area contributed by atoms with Crippen LogP contribution in [0.15, 0.2) is 24.8 Å². The van der Waals surface area contributed by atoms with E-state index in [1.54, 1.807) is 18.6 Å². The lowest BCUT2D eigenvalue weighted by molar-refractivity contribution is 0.0947. The smallest absolute Gasteiger partial charge is 0.271 e. The maximum atomic E-state index is 11.8. The Morgan fingerprint density at radius 1 is 1.56 bits per heavy atom. The molecule has 0 saturated carbocycles. The van der Waals surface area contributed by atoms with E-state index in [1.165, 1.54) is 0 Å². The lowest BCUT2D eigenvalue weighted by atomic mass is 10.1. The topological polar surface area (TPSA) is 75.6 Å². The third-order valence-electron chi connectivity index (χ3n) is 2.67. The predicted octanol–water partition coefficient (Wildman–Crippen LogP) is 1.16. The summed E-state index contributed by atoms with van der Waals surface area (Å²) in [7, 11) is 0. The fraction of sp³-hybridized carbons (Fsp3) is 0.417. The summed E-state index contributed by atoms with van der Waals surface area (Å²) in [6, 6.07) is 1.79. The molecular weight excluding hydrogens is 230 g/mol. The van der Waals surface area contributed by atoms with Crippen molar-refractivity contribution in [2.75, 3.05) is 6.54 Å². The molecule has 2 N–H and O–H groups in total. The molecule has 2 aromatic heterocycles. The van der Waals surface area contributed by atoms with E-state index in [2.05, 4.69) is 20.5 Å². The molecule has 1 amide bonds. The molecular formula is C12H17N5O. The van der Waals surface area contributed by atoms with Gasteiger partial charge in [0.05, 0.1) is 6.33 Å². The van der Waals surface area contributed by atoms with E-state index in [1.807, 2.05) is 24.6 Å². The van der Waals surface area contributed by atoms with Gasteiger partial charge in [-0.15, -0.1) is 0 Å². The second-order valence-electron chi connectivity index (χ2n) is 4.42. The van der Waals surface area contributed by atoms with Gasteiger partial charge in [-0.25, -0.2) is 4.98 Å². The Bertz CT molecular complexity index is 500. The Hall–Kier alpha value is -2.11. The molecule has 2 heterocycles. The minimum atomic E-state index is -0.154. The lowest BCUT2D eigenvalue weighted by Crippen LogP contribution is -2.27. The molecule has 0 unspecified atom stereocenters. The van der Waals surface area contributed by atoms with Crippen molar-refractivity contribution in [3.05, 3.63) is 36.2 Å². The van der Waals surface area contributed by atoms with Gasteiger partial charge in [0.1, 0.15) is 5.69 Å². The van der Waals surface area contributed by atoms with Crippen molar-refractivity contribution in [3.8, 4) is 0 Å². The van der Waals surface area contributed by atoms with Crippen molar-refractivity contribution in [1.29, 1.82) is 0 Å². The largest absolute Gasteiger partial charge is 0.349 e. The zero-order valence-electron chi connectivity index (χ0n) is 10.6. The molecule has 18 heavy (non-hydrogen) atoms. The Morgan fingerprint density at radius 2 is 2.39 bits per heavy atom. The maximum absolute atomic E-state index is 11.8. The fourth-order valence-corrected chi connectivity index (χ4v) is 1.56. The van der Waals surface area contributed by atoms with Crippen LogP contribution >= 0.6 is 0 Å². The average Bonchev–Trinajstić information content (AvgIpc) is 2.99. The van der Waals surface area contributed by atoms with Gasteiger partial charge in [0.15, 0.2) is 0 Å². The van der Waals surface area contributed by atoms with Gasteiger partial charge in [-0.05, 0) is 12.0 Å². The number of carbonyl (C=O) groups excluding carboxylic acids is 1. The molecule has 2 aromatic rings. The van der Waals surface area contributed by atoms with Gasteiger partial charge >= 0.3 is 0 Å². The standard InChI is InChI=1S/C12H17N5O/c1-9(2)10-7-11(16-15-10)12(18)14-4-6-17-5-3-13-8-17/h3,5,7-9H,4,6H2,1-2H3,(H,14,18)(H,15,16). The Labute approximate surface area is 105 Å². The van der Waals surface area contributed by atoms with Crippen LogP contribution in [0.3, 0.4) is 0 Å². The first-order chi connectivity index (χ1) is 8.66. The zero-order chi connectivity index (χ0) is 13.0. The number of nitrogens with zero attached hydrogens (tertiary/aromatic N) is 3. The van der Waals surface area contributed by atoms with Crippen LogP contribution in [0.2, 0.25) is 0 Å². The summed E-state index contributed by atoms with van der Waals surface area (Å²) in [6.45, 7) is 5.36. The zero-order valence-corrected chi connectivity index (χ0v) is 10.6. The summed E-state index contributed by atoms with van der Waals surface area (Å²) in [5, 5.41) is 9.68. The van der Waals surface area contributed by atoms with Gasteiger partial charge < -0.3 is 9.88 Å². The van der Waals surface area contributed by atoms with Crippen molar-refractivity contribution in [3.63, 3.8) is 0 Å². The monoisotopic (exact) mass is 247 g/mol. The Morgan fingerprint density at radius 3 is 3.00 bits per heavy atom. The first-order valence-electron chi connectivity index (χ1n) is 5.96. The van der Waals surface area contributed by atoms with Crippen molar-refractivity contribution in [1.82, 2.24) is 25.1 Å². The highest BCUT2D eigenvalue weighted by Gasteiger charge is 2.11. The maximum Gasteiger partial charge on any atom is 0.271 e. The highest BCUT2D eigenvalue weighted by Crippen LogP contribution is 2.11.